The van der Waals surface area contributed by atoms with Crippen LogP contribution in [0.1, 0.15) is 12.8 Å². The van der Waals surface area contributed by atoms with E-state index >= 15 is 0 Å². The summed E-state index contributed by atoms with van der Waals surface area (Å²) in [7, 11) is 2.03. The van der Waals surface area contributed by atoms with Gasteiger partial charge in [-0.3, -0.25) is 4.98 Å². The van der Waals surface area contributed by atoms with Crippen LogP contribution >= 0.6 is 0 Å². The monoisotopic (exact) mass is 322 g/mol. The van der Waals surface area contributed by atoms with E-state index in [0.29, 0.717) is 6.04 Å². The van der Waals surface area contributed by atoms with Crippen molar-refractivity contribution in [3.8, 4) is 11.3 Å². The summed E-state index contributed by atoms with van der Waals surface area (Å²) in [4.78, 5) is 14.9. The molecule has 1 aliphatic rings. The Hall–Kier alpha value is -2.60. The second-order valence-corrected chi connectivity index (χ2v) is 6.32. The van der Waals surface area contributed by atoms with Crippen molar-refractivity contribution in [3.05, 3.63) is 36.8 Å². The van der Waals surface area contributed by atoms with Crippen molar-refractivity contribution < 1.29 is 0 Å². The van der Waals surface area contributed by atoms with Gasteiger partial charge in [0.05, 0.1) is 18.1 Å². The number of aromatic nitrogens is 3. The first kappa shape index (κ1) is 15.0. The lowest BCUT2D eigenvalue weighted by Gasteiger charge is -2.32. The van der Waals surface area contributed by atoms with E-state index in [4.69, 9.17) is 10.7 Å². The maximum Gasteiger partial charge on any atom is 0.147 e. The fraction of sp³-hybridized carbons (Fsp3) is 0.333. The number of nitrogen functional groups attached to an aromatic ring is 1. The zero-order valence-electron chi connectivity index (χ0n) is 13.8. The van der Waals surface area contributed by atoms with E-state index in [9.17, 15) is 0 Å². The van der Waals surface area contributed by atoms with Crippen LogP contribution in [0.5, 0.6) is 0 Å². The van der Waals surface area contributed by atoms with Gasteiger partial charge in [0.1, 0.15) is 5.82 Å². The topological polar surface area (TPSA) is 82.9 Å². The van der Waals surface area contributed by atoms with E-state index in [2.05, 4.69) is 20.2 Å². The number of H-pyrrole nitrogens is 1. The molecule has 6 heteroatoms. The van der Waals surface area contributed by atoms with Gasteiger partial charge in [0.15, 0.2) is 0 Å². The van der Waals surface area contributed by atoms with E-state index in [-0.39, 0.29) is 0 Å². The average Bonchev–Trinajstić information content (AvgIpc) is 3.05. The molecule has 1 fully saturated rings. The molecule has 0 bridgehead atoms. The smallest absolute Gasteiger partial charge is 0.147 e. The Bertz CT molecular complexity index is 848. The maximum absolute atomic E-state index is 5.94. The number of nitrogens with two attached hydrogens (primary N) is 1. The SMILES string of the molecule is CNC1CCN(c2cncc(-c3c[nH]c4ccc(N)cc34)n2)CC1. The van der Waals surface area contributed by atoms with Crippen LogP contribution in [0.15, 0.2) is 36.8 Å². The normalized spacial score (nSPS) is 16.0. The number of rotatable bonds is 3. The van der Waals surface area contributed by atoms with Crippen molar-refractivity contribution >= 4 is 22.4 Å². The van der Waals surface area contributed by atoms with E-state index in [1.165, 1.54) is 0 Å². The zero-order chi connectivity index (χ0) is 16.5. The minimum Gasteiger partial charge on any atom is -0.399 e. The van der Waals surface area contributed by atoms with Crippen LogP contribution in [0.4, 0.5) is 11.5 Å². The van der Waals surface area contributed by atoms with Crippen molar-refractivity contribution in [3.63, 3.8) is 0 Å². The standard InChI is InChI=1S/C18H22N6/c1-20-13-4-6-24(7-5-13)18-11-21-10-17(23-18)15-9-22-16-3-2-12(19)8-14(15)16/h2-3,8-11,13,20,22H,4-7,19H2,1H3. The molecule has 0 saturated carbocycles. The number of nitrogens with zero attached hydrogens (tertiary/aromatic N) is 3. The van der Waals surface area contributed by atoms with Gasteiger partial charge in [0.2, 0.25) is 0 Å². The van der Waals surface area contributed by atoms with Crippen LogP contribution < -0.4 is 16.0 Å². The van der Waals surface area contributed by atoms with Crippen LogP contribution in [0.25, 0.3) is 22.2 Å². The molecule has 0 aliphatic carbocycles. The fourth-order valence-electron chi connectivity index (χ4n) is 3.39. The second-order valence-electron chi connectivity index (χ2n) is 6.32. The summed E-state index contributed by atoms with van der Waals surface area (Å²) in [5.74, 6) is 0.945. The third kappa shape index (κ3) is 2.69. The highest BCUT2D eigenvalue weighted by Gasteiger charge is 2.19. The lowest BCUT2D eigenvalue weighted by atomic mass is 10.1. The molecule has 6 nitrogen and oxygen atoms in total. The van der Waals surface area contributed by atoms with Gasteiger partial charge >= 0.3 is 0 Å². The van der Waals surface area contributed by atoms with Crippen LogP contribution in [0, 0.1) is 0 Å². The lowest BCUT2D eigenvalue weighted by molar-refractivity contribution is 0.440. The predicted molar refractivity (Wildman–Crippen MR) is 98.0 cm³/mol. The van der Waals surface area contributed by atoms with E-state index in [1.54, 1.807) is 0 Å². The molecular weight excluding hydrogens is 300 g/mol. The molecule has 4 N–H and O–H groups in total. The average molecular weight is 322 g/mol. The van der Waals surface area contributed by atoms with Crippen LogP contribution in [-0.2, 0) is 0 Å². The Morgan fingerprint density at radius 3 is 2.88 bits per heavy atom. The van der Waals surface area contributed by atoms with Gasteiger partial charge < -0.3 is 20.9 Å². The minimum atomic E-state index is 0.606. The van der Waals surface area contributed by atoms with Crippen molar-refractivity contribution in [1.29, 1.82) is 0 Å². The predicted octanol–water partition coefficient (Wildman–Crippen LogP) is 2.40. The number of aromatic amines is 1. The molecule has 0 radical (unpaired) electrons. The molecule has 2 aromatic heterocycles. The van der Waals surface area contributed by atoms with Gasteiger partial charge in [-0.1, -0.05) is 0 Å². The quantitative estimate of drug-likeness (QED) is 0.645. The van der Waals surface area contributed by atoms with Gasteiger partial charge in [-0.2, -0.15) is 0 Å². The molecular formula is C18H22N6. The van der Waals surface area contributed by atoms with Crippen molar-refractivity contribution in [2.45, 2.75) is 18.9 Å². The Kier molecular flexibility index (Phi) is 3.82. The first-order valence-corrected chi connectivity index (χ1v) is 8.36. The number of hydrogen-bond donors (Lipinski definition) is 3. The van der Waals surface area contributed by atoms with Gasteiger partial charge in [-0.25, -0.2) is 4.98 Å². The molecule has 0 amide bonds. The summed E-state index contributed by atoms with van der Waals surface area (Å²) >= 11 is 0. The summed E-state index contributed by atoms with van der Waals surface area (Å²) in [5, 5.41) is 4.44. The highest BCUT2D eigenvalue weighted by molar-refractivity contribution is 5.96. The lowest BCUT2D eigenvalue weighted by Crippen LogP contribution is -2.41. The molecule has 0 atom stereocenters. The number of benzene rings is 1. The van der Waals surface area contributed by atoms with Crippen LogP contribution in [0.3, 0.4) is 0 Å². The molecule has 3 aromatic rings. The summed E-state index contributed by atoms with van der Waals surface area (Å²) in [6, 6.07) is 6.48. The number of fused-ring (bicyclic) bond motifs is 1. The zero-order valence-corrected chi connectivity index (χ0v) is 13.8. The Labute approximate surface area is 141 Å². The van der Waals surface area contributed by atoms with Gasteiger partial charge in [0.25, 0.3) is 0 Å². The van der Waals surface area contributed by atoms with Crippen LogP contribution in [0.2, 0.25) is 0 Å². The van der Waals surface area contributed by atoms with Crippen LogP contribution in [-0.4, -0.2) is 41.1 Å². The molecule has 1 saturated heterocycles. The molecule has 0 unspecified atom stereocenters. The number of piperidine rings is 1. The van der Waals surface area contributed by atoms with E-state index in [0.717, 1.165) is 59.6 Å². The van der Waals surface area contributed by atoms with Gasteiger partial charge in [-0.15, -0.1) is 0 Å². The number of nitrogens with one attached hydrogen (secondary N) is 2. The maximum atomic E-state index is 5.94. The van der Waals surface area contributed by atoms with Crippen molar-refractivity contribution in [1.82, 2.24) is 20.3 Å². The number of hydrogen-bond acceptors (Lipinski definition) is 5. The summed E-state index contributed by atoms with van der Waals surface area (Å²) < 4.78 is 0. The number of anilines is 2. The Balaban J connectivity index is 1.66. The van der Waals surface area contributed by atoms with Crippen molar-refractivity contribution in [2.75, 3.05) is 30.8 Å². The summed E-state index contributed by atoms with van der Waals surface area (Å²) in [6.07, 6.45) is 7.91. The third-order valence-electron chi connectivity index (χ3n) is 4.83. The van der Waals surface area contributed by atoms with E-state index < -0.39 is 0 Å². The fourth-order valence-corrected chi connectivity index (χ4v) is 3.39. The highest BCUT2D eigenvalue weighted by Crippen LogP contribution is 2.29. The van der Waals surface area contributed by atoms with E-state index in [1.807, 2.05) is 43.8 Å². The minimum absolute atomic E-state index is 0.606. The molecule has 1 aromatic carbocycles. The molecule has 0 spiro atoms. The first-order valence-electron chi connectivity index (χ1n) is 8.36. The Morgan fingerprint density at radius 2 is 2.08 bits per heavy atom. The summed E-state index contributed by atoms with van der Waals surface area (Å²) in [5.41, 5.74) is 9.66. The van der Waals surface area contributed by atoms with Crippen molar-refractivity contribution in [2.24, 2.45) is 0 Å². The molecule has 24 heavy (non-hydrogen) atoms. The van der Waals surface area contributed by atoms with Gasteiger partial charge in [-0.05, 0) is 38.1 Å². The molecule has 1 aliphatic heterocycles. The largest absolute Gasteiger partial charge is 0.399 e. The molecule has 4 rings (SSSR count). The highest BCUT2D eigenvalue weighted by atomic mass is 15.2. The molecule has 124 valence electrons. The summed E-state index contributed by atoms with van der Waals surface area (Å²) in [6.45, 7) is 2.01. The third-order valence-corrected chi connectivity index (χ3v) is 4.83. The van der Waals surface area contributed by atoms with Gasteiger partial charge in [0, 0.05) is 47.5 Å². The Morgan fingerprint density at radius 1 is 1.25 bits per heavy atom. The second kappa shape index (κ2) is 6.13. The molecule has 3 heterocycles. The first-order chi connectivity index (χ1) is 11.7.